The molecule has 7 heteroatoms. The van der Waals surface area contributed by atoms with Gasteiger partial charge in [-0.15, -0.1) is 11.3 Å². The van der Waals surface area contributed by atoms with Gasteiger partial charge in [-0.05, 0) is 12.1 Å². The Labute approximate surface area is 118 Å². The third kappa shape index (κ3) is 2.05. The van der Waals surface area contributed by atoms with Gasteiger partial charge in [0.15, 0.2) is 0 Å². The number of fused-ring (bicyclic) bond motifs is 1. The molecule has 0 spiro atoms. The zero-order valence-electron chi connectivity index (χ0n) is 10.5. The zero-order valence-corrected chi connectivity index (χ0v) is 11.3. The molecule has 1 amide bonds. The predicted octanol–water partition coefficient (Wildman–Crippen LogP) is 2.05. The Morgan fingerprint density at radius 1 is 1.40 bits per heavy atom. The number of carbonyl (C=O) groups excluding carboxylic acids is 2. The summed E-state index contributed by atoms with van der Waals surface area (Å²) in [5.41, 5.74) is 3.28. The van der Waals surface area contributed by atoms with Crippen LogP contribution < -0.4 is 10.2 Å². The van der Waals surface area contributed by atoms with Crippen molar-refractivity contribution in [3.63, 3.8) is 0 Å². The standard InChI is InChI=1S/C13H10FN3O2S/c1-17(4-7-5-20-6-15-7)11-3-10-8(2-9(11)14)12(18)13(19)16-10/h2-3,5-6H,4H2,1H3,(H,16,18,19). The molecule has 0 bridgehead atoms. The normalized spacial score (nSPS) is 13.3. The van der Waals surface area contributed by atoms with Gasteiger partial charge >= 0.3 is 0 Å². The van der Waals surface area contributed by atoms with E-state index in [0.29, 0.717) is 17.9 Å². The average molecular weight is 291 g/mol. The summed E-state index contributed by atoms with van der Waals surface area (Å²) in [6, 6.07) is 2.57. The van der Waals surface area contributed by atoms with E-state index < -0.39 is 17.5 Å². The lowest BCUT2D eigenvalue weighted by Gasteiger charge is -2.19. The molecule has 0 saturated carbocycles. The number of hydrogen-bond acceptors (Lipinski definition) is 5. The Morgan fingerprint density at radius 2 is 2.20 bits per heavy atom. The molecule has 1 N–H and O–H groups in total. The van der Waals surface area contributed by atoms with Crippen molar-refractivity contribution in [2.75, 3.05) is 17.3 Å². The number of halogens is 1. The maximum absolute atomic E-state index is 14.1. The van der Waals surface area contributed by atoms with Crippen LogP contribution in [0.1, 0.15) is 16.1 Å². The van der Waals surface area contributed by atoms with Crippen molar-refractivity contribution in [1.82, 2.24) is 4.98 Å². The van der Waals surface area contributed by atoms with E-state index in [9.17, 15) is 14.0 Å². The maximum Gasteiger partial charge on any atom is 0.296 e. The van der Waals surface area contributed by atoms with Crippen molar-refractivity contribution >= 4 is 34.4 Å². The van der Waals surface area contributed by atoms with Crippen LogP contribution in [0.5, 0.6) is 0 Å². The fraction of sp³-hybridized carbons (Fsp3) is 0.154. The van der Waals surface area contributed by atoms with Crippen LogP contribution in [-0.4, -0.2) is 23.7 Å². The molecular formula is C13H10FN3O2S. The SMILES string of the molecule is CN(Cc1cscn1)c1cc2c(cc1F)C(=O)C(=O)N2. The quantitative estimate of drug-likeness (QED) is 0.879. The lowest BCUT2D eigenvalue weighted by atomic mass is 10.1. The van der Waals surface area contributed by atoms with Crippen LogP contribution in [0.15, 0.2) is 23.0 Å². The number of Topliss-reactive ketones (excluding diaryl/α,β-unsaturated/α-hetero) is 1. The van der Waals surface area contributed by atoms with Crippen LogP contribution in [-0.2, 0) is 11.3 Å². The lowest BCUT2D eigenvalue weighted by molar-refractivity contribution is -0.112. The Hall–Kier alpha value is -2.28. The summed E-state index contributed by atoms with van der Waals surface area (Å²) < 4.78 is 14.1. The first-order valence-electron chi connectivity index (χ1n) is 5.83. The summed E-state index contributed by atoms with van der Waals surface area (Å²) in [4.78, 5) is 28.6. The molecule has 5 nitrogen and oxygen atoms in total. The highest BCUT2D eigenvalue weighted by atomic mass is 32.1. The Balaban J connectivity index is 1.93. The predicted molar refractivity (Wildman–Crippen MR) is 73.6 cm³/mol. The Morgan fingerprint density at radius 3 is 2.90 bits per heavy atom. The number of thiazole rings is 1. The monoisotopic (exact) mass is 291 g/mol. The number of benzene rings is 1. The average Bonchev–Trinajstić information content (AvgIpc) is 3.00. The van der Waals surface area contributed by atoms with Gasteiger partial charge in [0.2, 0.25) is 0 Å². The van der Waals surface area contributed by atoms with E-state index in [1.54, 1.807) is 17.5 Å². The van der Waals surface area contributed by atoms with Crippen molar-refractivity contribution in [3.05, 3.63) is 40.1 Å². The fourth-order valence-electron chi connectivity index (χ4n) is 2.09. The van der Waals surface area contributed by atoms with Crippen molar-refractivity contribution in [2.24, 2.45) is 0 Å². The van der Waals surface area contributed by atoms with Gasteiger partial charge in [0.25, 0.3) is 11.7 Å². The highest BCUT2D eigenvalue weighted by Crippen LogP contribution is 2.31. The molecule has 0 unspecified atom stereocenters. The molecule has 1 aliphatic heterocycles. The molecule has 1 aliphatic rings. The molecule has 1 aromatic carbocycles. The van der Waals surface area contributed by atoms with Crippen LogP contribution in [0.4, 0.5) is 15.8 Å². The summed E-state index contributed by atoms with van der Waals surface area (Å²) >= 11 is 1.47. The number of nitrogens with zero attached hydrogens (tertiary/aromatic N) is 2. The molecule has 0 fully saturated rings. The Kier molecular flexibility index (Phi) is 2.98. The van der Waals surface area contributed by atoms with E-state index >= 15 is 0 Å². The molecule has 0 saturated heterocycles. The summed E-state index contributed by atoms with van der Waals surface area (Å²) in [6.45, 7) is 0.446. The number of nitrogens with one attached hydrogen (secondary N) is 1. The first-order valence-corrected chi connectivity index (χ1v) is 6.78. The largest absolute Gasteiger partial charge is 0.366 e. The van der Waals surface area contributed by atoms with Gasteiger partial charge in [-0.2, -0.15) is 0 Å². The van der Waals surface area contributed by atoms with E-state index in [1.807, 2.05) is 5.38 Å². The Bertz CT molecular complexity index is 700. The van der Waals surface area contributed by atoms with Gasteiger partial charge in [-0.3, -0.25) is 9.59 Å². The number of carbonyl (C=O) groups is 2. The molecule has 1 aromatic heterocycles. The fourth-order valence-corrected chi connectivity index (χ4v) is 2.64. The third-order valence-corrected chi connectivity index (χ3v) is 3.72. The number of anilines is 2. The van der Waals surface area contributed by atoms with E-state index in [-0.39, 0.29) is 5.56 Å². The second kappa shape index (κ2) is 4.68. The van der Waals surface area contributed by atoms with E-state index in [0.717, 1.165) is 11.8 Å². The number of aromatic nitrogens is 1. The van der Waals surface area contributed by atoms with Crippen LogP contribution in [0.3, 0.4) is 0 Å². The van der Waals surface area contributed by atoms with Crippen molar-refractivity contribution < 1.29 is 14.0 Å². The minimum absolute atomic E-state index is 0.0818. The van der Waals surface area contributed by atoms with E-state index in [1.165, 1.54) is 17.4 Å². The third-order valence-electron chi connectivity index (χ3n) is 3.08. The second-order valence-electron chi connectivity index (χ2n) is 4.47. The van der Waals surface area contributed by atoms with Crippen LogP contribution in [0, 0.1) is 5.82 Å². The van der Waals surface area contributed by atoms with Crippen LogP contribution in [0.2, 0.25) is 0 Å². The minimum atomic E-state index is -0.723. The number of rotatable bonds is 3. The van der Waals surface area contributed by atoms with Crippen molar-refractivity contribution in [1.29, 1.82) is 0 Å². The van der Waals surface area contributed by atoms with E-state index in [2.05, 4.69) is 10.3 Å². The van der Waals surface area contributed by atoms with Crippen molar-refractivity contribution in [3.8, 4) is 0 Å². The van der Waals surface area contributed by atoms with Crippen molar-refractivity contribution in [2.45, 2.75) is 6.54 Å². The van der Waals surface area contributed by atoms with Crippen LogP contribution in [0.25, 0.3) is 0 Å². The van der Waals surface area contributed by atoms with Gasteiger partial charge in [0.1, 0.15) is 5.82 Å². The minimum Gasteiger partial charge on any atom is -0.366 e. The summed E-state index contributed by atoms with van der Waals surface area (Å²) in [5, 5.41) is 4.32. The topological polar surface area (TPSA) is 62.3 Å². The van der Waals surface area contributed by atoms with Gasteiger partial charge < -0.3 is 10.2 Å². The molecule has 102 valence electrons. The molecule has 2 aromatic rings. The molecule has 0 atom stereocenters. The van der Waals surface area contributed by atoms with E-state index in [4.69, 9.17) is 0 Å². The first-order chi connectivity index (χ1) is 9.56. The summed E-state index contributed by atoms with van der Waals surface area (Å²) in [7, 11) is 1.72. The highest BCUT2D eigenvalue weighted by Gasteiger charge is 2.30. The zero-order chi connectivity index (χ0) is 14.3. The maximum atomic E-state index is 14.1. The lowest BCUT2D eigenvalue weighted by Crippen LogP contribution is -2.18. The van der Waals surface area contributed by atoms with Gasteiger partial charge in [0.05, 0.1) is 34.7 Å². The van der Waals surface area contributed by atoms with Gasteiger partial charge in [0, 0.05) is 12.4 Å². The highest BCUT2D eigenvalue weighted by molar-refractivity contribution is 7.07. The molecule has 2 heterocycles. The number of ketones is 1. The van der Waals surface area contributed by atoms with Gasteiger partial charge in [-0.25, -0.2) is 9.37 Å². The second-order valence-corrected chi connectivity index (χ2v) is 5.19. The number of amides is 1. The first kappa shape index (κ1) is 12.7. The molecule has 0 aliphatic carbocycles. The summed E-state index contributed by atoms with van der Waals surface area (Å²) in [5.74, 6) is -1.96. The molecule has 0 radical (unpaired) electrons. The van der Waals surface area contributed by atoms with Gasteiger partial charge in [-0.1, -0.05) is 0 Å². The smallest absolute Gasteiger partial charge is 0.296 e. The molecule has 20 heavy (non-hydrogen) atoms. The number of hydrogen-bond donors (Lipinski definition) is 1. The molecule has 3 rings (SSSR count). The van der Waals surface area contributed by atoms with Crippen LogP contribution >= 0.6 is 11.3 Å². The molecular weight excluding hydrogens is 281 g/mol. The summed E-state index contributed by atoms with van der Waals surface area (Å²) in [6.07, 6.45) is 0.